The van der Waals surface area contributed by atoms with E-state index in [1.165, 1.54) is 50.5 Å². The van der Waals surface area contributed by atoms with E-state index in [9.17, 15) is 9.90 Å². The Morgan fingerprint density at radius 3 is 2.25 bits per heavy atom. The summed E-state index contributed by atoms with van der Waals surface area (Å²) in [6.45, 7) is 1.57. The Morgan fingerprint density at radius 1 is 0.917 bits per heavy atom. The molecule has 36 heavy (non-hydrogen) atoms. The van der Waals surface area contributed by atoms with Crippen molar-refractivity contribution >= 4 is 5.97 Å². The summed E-state index contributed by atoms with van der Waals surface area (Å²) in [6.07, 6.45) is 12.5. The maximum atomic E-state index is 11.6. The molecule has 6 rings (SSSR count). The van der Waals surface area contributed by atoms with Gasteiger partial charge in [-0.05, 0) is 111 Å². The lowest BCUT2D eigenvalue weighted by Gasteiger charge is -2.57. The van der Waals surface area contributed by atoms with Gasteiger partial charge in [0.1, 0.15) is 5.75 Å². The molecule has 0 heterocycles. The first-order valence-corrected chi connectivity index (χ1v) is 13.7. The monoisotopic (exact) mass is 486 g/mol. The lowest BCUT2D eigenvalue weighted by Crippen LogP contribution is -2.48. The lowest BCUT2D eigenvalue weighted by atomic mass is 9.48. The van der Waals surface area contributed by atoms with Gasteiger partial charge in [-0.3, -0.25) is 0 Å². The highest BCUT2D eigenvalue weighted by Gasteiger charge is 2.52. The highest BCUT2D eigenvalue weighted by Crippen LogP contribution is 2.62. The molecule has 4 aliphatic rings. The van der Waals surface area contributed by atoms with Gasteiger partial charge in [0.15, 0.2) is 0 Å². The van der Waals surface area contributed by atoms with Crippen LogP contribution >= 0.6 is 0 Å². The van der Waals surface area contributed by atoms with Gasteiger partial charge in [-0.2, -0.15) is 0 Å². The van der Waals surface area contributed by atoms with Crippen LogP contribution in [0.25, 0.3) is 0 Å². The van der Waals surface area contributed by atoms with Gasteiger partial charge in [0.05, 0.1) is 12.2 Å². The molecular weight excluding hydrogens is 448 g/mol. The number of carboxylic acid groups (broad SMARTS) is 1. The number of benzene rings is 2. The van der Waals surface area contributed by atoms with E-state index >= 15 is 0 Å². The molecule has 4 heteroatoms. The topological polar surface area (TPSA) is 55.8 Å². The first kappa shape index (κ1) is 24.9. The van der Waals surface area contributed by atoms with Crippen LogP contribution in [0.3, 0.4) is 0 Å². The molecule has 0 spiro atoms. The molecule has 0 aliphatic heterocycles. The molecule has 0 amide bonds. The highest BCUT2D eigenvalue weighted by molar-refractivity contribution is 5.90. The summed E-state index contributed by atoms with van der Waals surface area (Å²) < 4.78 is 11.6. The van der Waals surface area contributed by atoms with Crippen LogP contribution in [0.4, 0.5) is 0 Å². The molecular formula is C32H38O4. The van der Waals surface area contributed by atoms with Crippen LogP contribution < -0.4 is 4.74 Å². The molecule has 190 valence electrons. The Labute approximate surface area is 215 Å². The van der Waals surface area contributed by atoms with E-state index in [0.29, 0.717) is 5.56 Å². The third-order valence-corrected chi connectivity index (χ3v) is 8.59. The van der Waals surface area contributed by atoms with Crippen molar-refractivity contribution in [3.63, 3.8) is 0 Å². The minimum atomic E-state index is -0.944. The standard InChI is InChI=1S/C32H38O4/c1-35-14-6-2-3-7-15-36-30-13-11-23(10-12-27-8-4-5-9-28(27)31(33)34)19-29(30)32-20-24-16-25(21-32)18-26(17-24)22-32/h4-5,8-9,11,13,19,24-26H,2-3,6-7,14-18,20-22H2,1H3,(H,33,34). The second-order valence-electron chi connectivity index (χ2n) is 11.3. The predicted molar refractivity (Wildman–Crippen MR) is 142 cm³/mol. The van der Waals surface area contributed by atoms with E-state index in [-0.39, 0.29) is 11.0 Å². The molecule has 4 aliphatic carbocycles. The van der Waals surface area contributed by atoms with Gasteiger partial charge in [-0.1, -0.05) is 30.4 Å². The fourth-order valence-electron chi connectivity index (χ4n) is 7.39. The van der Waals surface area contributed by atoms with Crippen molar-refractivity contribution in [3.8, 4) is 17.6 Å². The Balaban J connectivity index is 1.40. The zero-order valence-electron chi connectivity index (χ0n) is 21.4. The van der Waals surface area contributed by atoms with Crippen LogP contribution in [0, 0.1) is 29.6 Å². The molecule has 4 saturated carbocycles. The third kappa shape index (κ3) is 5.47. The summed E-state index contributed by atoms with van der Waals surface area (Å²) in [4.78, 5) is 11.6. The fraction of sp³-hybridized carbons (Fsp3) is 0.531. The van der Waals surface area contributed by atoms with E-state index in [1.54, 1.807) is 25.3 Å². The number of aromatic carboxylic acids is 1. The Kier molecular flexibility index (Phi) is 7.67. The zero-order valence-corrected chi connectivity index (χ0v) is 21.4. The van der Waals surface area contributed by atoms with E-state index in [1.807, 2.05) is 12.1 Å². The summed E-state index contributed by atoms with van der Waals surface area (Å²) in [5.74, 6) is 9.03. The zero-order chi connectivity index (χ0) is 25.0. The number of rotatable bonds is 10. The molecule has 0 radical (unpaired) electrons. The van der Waals surface area contributed by atoms with Crippen molar-refractivity contribution in [1.82, 2.24) is 0 Å². The first-order valence-electron chi connectivity index (χ1n) is 13.7. The fourth-order valence-corrected chi connectivity index (χ4v) is 7.39. The van der Waals surface area contributed by atoms with Crippen LogP contribution in [0.2, 0.25) is 0 Å². The second kappa shape index (κ2) is 11.1. The number of carbonyl (C=O) groups is 1. The number of hydrogen-bond donors (Lipinski definition) is 1. The van der Waals surface area contributed by atoms with Gasteiger partial charge in [-0.25, -0.2) is 4.79 Å². The van der Waals surface area contributed by atoms with E-state index in [2.05, 4.69) is 24.0 Å². The maximum Gasteiger partial charge on any atom is 0.336 e. The summed E-state index contributed by atoms with van der Waals surface area (Å²) in [5, 5.41) is 9.51. The Morgan fingerprint density at radius 2 is 1.58 bits per heavy atom. The number of unbranched alkanes of at least 4 members (excludes halogenated alkanes) is 3. The van der Waals surface area contributed by atoms with Gasteiger partial charge in [0, 0.05) is 30.4 Å². The second-order valence-corrected chi connectivity index (χ2v) is 11.3. The average molecular weight is 487 g/mol. The van der Waals surface area contributed by atoms with E-state index in [4.69, 9.17) is 9.47 Å². The van der Waals surface area contributed by atoms with Crippen molar-refractivity contribution in [2.45, 2.75) is 69.6 Å². The van der Waals surface area contributed by atoms with Crippen molar-refractivity contribution in [3.05, 3.63) is 64.7 Å². The van der Waals surface area contributed by atoms with Crippen molar-refractivity contribution in [1.29, 1.82) is 0 Å². The molecule has 0 aromatic heterocycles. The van der Waals surface area contributed by atoms with Crippen LogP contribution in [-0.4, -0.2) is 31.4 Å². The quantitative estimate of drug-likeness (QED) is 0.295. The average Bonchev–Trinajstić information content (AvgIpc) is 2.86. The SMILES string of the molecule is COCCCCCCOc1ccc(C#Cc2ccccc2C(=O)O)cc1C12CC3CC(CC(C3)C1)C2. The van der Waals surface area contributed by atoms with Gasteiger partial charge < -0.3 is 14.6 Å². The summed E-state index contributed by atoms with van der Waals surface area (Å²) in [5.41, 5.74) is 3.29. The van der Waals surface area contributed by atoms with Crippen LogP contribution in [0.5, 0.6) is 5.75 Å². The number of carboxylic acids is 1. The smallest absolute Gasteiger partial charge is 0.336 e. The van der Waals surface area contributed by atoms with Gasteiger partial charge in [-0.15, -0.1) is 0 Å². The Bertz CT molecular complexity index is 1100. The molecule has 0 unspecified atom stereocenters. The molecule has 4 fully saturated rings. The normalized spacial score (nSPS) is 25.9. The molecule has 4 nitrogen and oxygen atoms in total. The molecule has 4 bridgehead atoms. The van der Waals surface area contributed by atoms with Crippen molar-refractivity contribution in [2.75, 3.05) is 20.3 Å². The minimum Gasteiger partial charge on any atom is -0.493 e. The van der Waals surface area contributed by atoms with Crippen LogP contribution in [0.15, 0.2) is 42.5 Å². The number of hydrogen-bond acceptors (Lipinski definition) is 3. The maximum absolute atomic E-state index is 11.6. The number of ether oxygens (including phenoxy) is 2. The summed E-state index contributed by atoms with van der Waals surface area (Å²) >= 11 is 0. The van der Waals surface area contributed by atoms with E-state index < -0.39 is 5.97 Å². The molecule has 2 aromatic rings. The van der Waals surface area contributed by atoms with Crippen molar-refractivity contribution < 1.29 is 19.4 Å². The van der Waals surface area contributed by atoms with Gasteiger partial charge in [0.2, 0.25) is 0 Å². The van der Waals surface area contributed by atoms with E-state index in [0.717, 1.165) is 61.5 Å². The molecule has 2 aromatic carbocycles. The summed E-state index contributed by atoms with van der Waals surface area (Å²) in [6, 6.07) is 13.4. The third-order valence-electron chi connectivity index (χ3n) is 8.59. The first-order chi connectivity index (χ1) is 17.6. The largest absolute Gasteiger partial charge is 0.493 e. The predicted octanol–water partition coefficient (Wildman–Crippen LogP) is 6.84. The van der Waals surface area contributed by atoms with Gasteiger partial charge in [0.25, 0.3) is 0 Å². The van der Waals surface area contributed by atoms with Crippen molar-refractivity contribution in [2.24, 2.45) is 17.8 Å². The Hall–Kier alpha value is -2.77. The van der Waals surface area contributed by atoms with Crippen LogP contribution in [0.1, 0.15) is 91.3 Å². The van der Waals surface area contributed by atoms with Gasteiger partial charge >= 0.3 is 5.97 Å². The minimum absolute atomic E-state index is 0.208. The molecule has 1 N–H and O–H groups in total. The molecule has 0 saturated heterocycles. The number of methoxy groups -OCH3 is 1. The molecule has 0 atom stereocenters. The highest BCUT2D eigenvalue weighted by atomic mass is 16.5. The lowest BCUT2D eigenvalue weighted by molar-refractivity contribution is -0.00641. The van der Waals surface area contributed by atoms with Crippen LogP contribution in [-0.2, 0) is 10.2 Å². The summed E-state index contributed by atoms with van der Waals surface area (Å²) in [7, 11) is 1.76.